The highest BCUT2D eigenvalue weighted by Crippen LogP contribution is 2.30. The summed E-state index contributed by atoms with van der Waals surface area (Å²) in [6.07, 6.45) is 0. The number of nitrogens with zero attached hydrogens (tertiary/aromatic N) is 1. The monoisotopic (exact) mass is 346 g/mol. The smallest absolute Gasteiger partial charge is 0.258 e. The molecule has 0 aliphatic heterocycles. The lowest BCUT2D eigenvalue weighted by molar-refractivity contribution is -0.133. The Bertz CT molecular complexity index is 864. The molecule has 0 bridgehead atoms. The first kappa shape index (κ1) is 17.7. The van der Waals surface area contributed by atoms with Gasteiger partial charge in [0, 0.05) is 19.3 Å². The molecule has 3 aromatic carbocycles. The molecule has 0 aliphatic rings. The Balaban J connectivity index is 1.87. The number of rotatable bonds is 6. The molecule has 0 spiro atoms. The molecule has 3 aromatic rings. The van der Waals surface area contributed by atoms with E-state index < -0.39 is 11.5 Å². The summed E-state index contributed by atoms with van der Waals surface area (Å²) in [7, 11) is 2.00. The third-order valence-electron chi connectivity index (χ3n) is 4.54. The fraction of sp³-hybridized carbons (Fsp3) is 0.136. The van der Waals surface area contributed by atoms with Crippen LogP contribution in [0.15, 0.2) is 84.9 Å². The number of carbonyl (C=O) groups excluding carboxylic acids is 1. The van der Waals surface area contributed by atoms with Gasteiger partial charge in [-0.05, 0) is 28.8 Å². The van der Waals surface area contributed by atoms with Crippen LogP contribution in [-0.4, -0.2) is 18.1 Å². The second kappa shape index (κ2) is 7.42. The minimum Gasteiger partial charge on any atom is -0.372 e. The van der Waals surface area contributed by atoms with Crippen LogP contribution in [0.1, 0.15) is 16.7 Å². The van der Waals surface area contributed by atoms with Gasteiger partial charge in [0.1, 0.15) is 0 Å². The van der Waals surface area contributed by atoms with Gasteiger partial charge >= 0.3 is 0 Å². The van der Waals surface area contributed by atoms with Crippen molar-refractivity contribution in [3.05, 3.63) is 102 Å². The van der Waals surface area contributed by atoms with Gasteiger partial charge in [-0.3, -0.25) is 4.79 Å². The number of amides is 1. The summed E-state index contributed by atoms with van der Waals surface area (Å²) in [6.45, 7) is 0.763. The van der Waals surface area contributed by atoms with E-state index in [4.69, 9.17) is 5.73 Å². The van der Waals surface area contributed by atoms with Crippen molar-refractivity contribution in [1.82, 2.24) is 0 Å². The highest BCUT2D eigenvalue weighted by Gasteiger charge is 2.37. The molecular formula is C22H22N2O2. The first-order valence-electron chi connectivity index (χ1n) is 8.45. The standard InChI is InChI=1S/C22H22N2O2/c1-24(16-17-8-4-2-5-9-17)20-14-12-19(13-15-20)22(26,21(23)25)18-10-6-3-7-11-18/h2-15,26H,16H2,1H3,(H2,23,25). The number of hydrogen-bond donors (Lipinski definition) is 2. The van der Waals surface area contributed by atoms with Crippen molar-refractivity contribution in [2.45, 2.75) is 12.1 Å². The molecule has 0 heterocycles. The molecule has 3 rings (SSSR count). The average Bonchev–Trinajstić information content (AvgIpc) is 2.68. The summed E-state index contributed by atoms with van der Waals surface area (Å²) in [5.74, 6) is -0.797. The van der Waals surface area contributed by atoms with E-state index in [1.54, 1.807) is 36.4 Å². The van der Waals surface area contributed by atoms with Gasteiger partial charge in [0.15, 0.2) is 5.60 Å². The van der Waals surface area contributed by atoms with Gasteiger partial charge in [-0.2, -0.15) is 0 Å². The Labute approximate surface area is 153 Å². The molecule has 132 valence electrons. The van der Waals surface area contributed by atoms with Crippen LogP contribution in [0.3, 0.4) is 0 Å². The van der Waals surface area contributed by atoms with Crippen molar-refractivity contribution in [3.8, 4) is 0 Å². The predicted octanol–water partition coefficient (Wildman–Crippen LogP) is 3.04. The van der Waals surface area contributed by atoms with E-state index in [2.05, 4.69) is 17.0 Å². The Morgan fingerprint density at radius 3 is 1.92 bits per heavy atom. The topological polar surface area (TPSA) is 66.6 Å². The van der Waals surface area contributed by atoms with Crippen LogP contribution in [0.2, 0.25) is 0 Å². The van der Waals surface area contributed by atoms with E-state index in [9.17, 15) is 9.90 Å². The number of benzene rings is 3. The zero-order valence-corrected chi connectivity index (χ0v) is 14.7. The molecule has 0 aromatic heterocycles. The lowest BCUT2D eigenvalue weighted by Gasteiger charge is -2.27. The molecule has 1 amide bonds. The SMILES string of the molecule is CN(Cc1ccccc1)c1ccc(C(O)(C(N)=O)c2ccccc2)cc1. The highest BCUT2D eigenvalue weighted by molar-refractivity contribution is 5.88. The summed E-state index contributed by atoms with van der Waals surface area (Å²) < 4.78 is 0. The number of nitrogens with two attached hydrogens (primary N) is 1. The van der Waals surface area contributed by atoms with Gasteiger partial charge in [0.25, 0.3) is 5.91 Å². The molecule has 0 fully saturated rings. The molecule has 1 unspecified atom stereocenters. The van der Waals surface area contributed by atoms with Crippen molar-refractivity contribution in [1.29, 1.82) is 0 Å². The lowest BCUT2D eigenvalue weighted by atomic mass is 9.85. The number of hydrogen-bond acceptors (Lipinski definition) is 3. The van der Waals surface area contributed by atoms with Crippen LogP contribution in [0.4, 0.5) is 5.69 Å². The molecule has 4 heteroatoms. The third kappa shape index (κ3) is 3.46. The van der Waals surface area contributed by atoms with Gasteiger partial charge < -0.3 is 15.7 Å². The molecule has 26 heavy (non-hydrogen) atoms. The second-order valence-electron chi connectivity index (χ2n) is 6.33. The van der Waals surface area contributed by atoms with Crippen molar-refractivity contribution in [2.75, 3.05) is 11.9 Å². The van der Waals surface area contributed by atoms with Crippen molar-refractivity contribution < 1.29 is 9.90 Å². The summed E-state index contributed by atoms with van der Waals surface area (Å²) in [5, 5.41) is 11.0. The van der Waals surface area contributed by atoms with Gasteiger partial charge in [-0.15, -0.1) is 0 Å². The van der Waals surface area contributed by atoms with Crippen LogP contribution in [0.5, 0.6) is 0 Å². The normalized spacial score (nSPS) is 13.0. The molecule has 0 saturated carbocycles. The van der Waals surface area contributed by atoms with E-state index >= 15 is 0 Å². The van der Waals surface area contributed by atoms with Gasteiger partial charge in [-0.25, -0.2) is 0 Å². The fourth-order valence-corrected chi connectivity index (χ4v) is 3.04. The molecule has 3 N–H and O–H groups in total. The zero-order chi connectivity index (χ0) is 18.6. The van der Waals surface area contributed by atoms with Crippen LogP contribution in [0, 0.1) is 0 Å². The summed E-state index contributed by atoms with van der Waals surface area (Å²) in [6, 6.07) is 26.2. The Kier molecular flexibility index (Phi) is 5.05. The first-order valence-corrected chi connectivity index (χ1v) is 8.45. The molecule has 0 radical (unpaired) electrons. The molecule has 0 saturated heterocycles. The van der Waals surface area contributed by atoms with Crippen LogP contribution >= 0.6 is 0 Å². The number of carbonyl (C=O) groups is 1. The number of aliphatic hydroxyl groups is 1. The minimum atomic E-state index is -1.85. The van der Waals surface area contributed by atoms with E-state index in [0.717, 1.165) is 12.2 Å². The van der Waals surface area contributed by atoms with Crippen LogP contribution < -0.4 is 10.6 Å². The summed E-state index contributed by atoms with van der Waals surface area (Å²) in [5.41, 5.74) is 6.78. The van der Waals surface area contributed by atoms with E-state index in [0.29, 0.717) is 11.1 Å². The number of anilines is 1. The van der Waals surface area contributed by atoms with E-state index in [1.807, 2.05) is 43.4 Å². The zero-order valence-electron chi connectivity index (χ0n) is 14.7. The minimum absolute atomic E-state index is 0.452. The van der Waals surface area contributed by atoms with Crippen molar-refractivity contribution >= 4 is 11.6 Å². The van der Waals surface area contributed by atoms with Crippen molar-refractivity contribution in [3.63, 3.8) is 0 Å². The van der Waals surface area contributed by atoms with Gasteiger partial charge in [0.05, 0.1) is 0 Å². The maximum absolute atomic E-state index is 12.0. The maximum Gasteiger partial charge on any atom is 0.258 e. The lowest BCUT2D eigenvalue weighted by Crippen LogP contribution is -2.42. The Morgan fingerprint density at radius 1 is 0.885 bits per heavy atom. The molecule has 0 aliphatic carbocycles. The summed E-state index contributed by atoms with van der Waals surface area (Å²) >= 11 is 0. The fourth-order valence-electron chi connectivity index (χ4n) is 3.04. The molecule has 1 atom stereocenters. The Hall–Kier alpha value is -3.11. The van der Waals surface area contributed by atoms with Crippen LogP contribution in [0.25, 0.3) is 0 Å². The Morgan fingerprint density at radius 2 is 1.38 bits per heavy atom. The van der Waals surface area contributed by atoms with Crippen molar-refractivity contribution in [2.24, 2.45) is 5.73 Å². The van der Waals surface area contributed by atoms with Gasteiger partial charge in [0.2, 0.25) is 0 Å². The molecular weight excluding hydrogens is 324 g/mol. The van der Waals surface area contributed by atoms with Crippen LogP contribution in [-0.2, 0) is 16.9 Å². The number of primary amides is 1. The second-order valence-corrected chi connectivity index (χ2v) is 6.33. The highest BCUT2D eigenvalue weighted by atomic mass is 16.3. The van der Waals surface area contributed by atoms with Gasteiger partial charge in [-0.1, -0.05) is 72.8 Å². The van der Waals surface area contributed by atoms with E-state index in [-0.39, 0.29) is 0 Å². The third-order valence-corrected chi connectivity index (χ3v) is 4.54. The molecule has 4 nitrogen and oxygen atoms in total. The summed E-state index contributed by atoms with van der Waals surface area (Å²) in [4.78, 5) is 14.1. The largest absolute Gasteiger partial charge is 0.372 e. The van der Waals surface area contributed by atoms with E-state index in [1.165, 1.54) is 5.56 Å². The maximum atomic E-state index is 12.0. The first-order chi connectivity index (χ1) is 12.5. The quantitative estimate of drug-likeness (QED) is 0.721. The average molecular weight is 346 g/mol. The predicted molar refractivity (Wildman–Crippen MR) is 104 cm³/mol.